The maximum Gasteiger partial charge on any atom is 0.229 e. The van der Waals surface area contributed by atoms with Crippen molar-refractivity contribution < 1.29 is 14.0 Å². The van der Waals surface area contributed by atoms with Gasteiger partial charge in [0.1, 0.15) is 5.82 Å². The normalized spacial score (nSPS) is 16.7. The van der Waals surface area contributed by atoms with Crippen LogP contribution in [0.4, 0.5) is 10.1 Å². The number of halogens is 4. The number of hydrogen-bond donors (Lipinski definition) is 1. The van der Waals surface area contributed by atoms with Crippen molar-refractivity contribution in [1.82, 2.24) is 4.90 Å². The zero-order valence-corrected chi connectivity index (χ0v) is 16.4. The third-order valence-corrected chi connectivity index (χ3v) is 5.47. The number of hydrogen-bond acceptors (Lipinski definition) is 2. The first-order valence-electron chi connectivity index (χ1n) is 8.31. The molecular formula is C19H16Cl3FN2O2. The van der Waals surface area contributed by atoms with Crippen molar-refractivity contribution in [2.45, 2.75) is 12.8 Å². The summed E-state index contributed by atoms with van der Waals surface area (Å²) in [5, 5.41) is 3.55. The van der Waals surface area contributed by atoms with Gasteiger partial charge in [0, 0.05) is 19.5 Å². The van der Waals surface area contributed by atoms with E-state index in [1.54, 1.807) is 17.0 Å². The molecule has 0 aliphatic carbocycles. The molecule has 1 saturated heterocycles. The Morgan fingerprint density at radius 1 is 1.11 bits per heavy atom. The van der Waals surface area contributed by atoms with E-state index < -0.39 is 5.92 Å². The first-order valence-corrected chi connectivity index (χ1v) is 9.44. The minimum Gasteiger partial charge on any atom is -0.342 e. The number of carbonyl (C=O) groups excluding carboxylic acids is 2. The summed E-state index contributed by atoms with van der Waals surface area (Å²) in [6.45, 7) is 0.798. The number of rotatable bonds is 5. The van der Waals surface area contributed by atoms with Gasteiger partial charge in [-0.25, -0.2) is 4.39 Å². The average molecular weight is 430 g/mol. The summed E-state index contributed by atoms with van der Waals surface area (Å²) in [6.07, 6.45) is 0.729. The van der Waals surface area contributed by atoms with Crippen molar-refractivity contribution in [2.24, 2.45) is 5.92 Å². The maximum absolute atomic E-state index is 13.0. The highest BCUT2D eigenvalue weighted by molar-refractivity contribution is 6.44. The van der Waals surface area contributed by atoms with E-state index in [2.05, 4.69) is 5.32 Å². The van der Waals surface area contributed by atoms with Crippen molar-refractivity contribution >= 4 is 52.3 Å². The van der Waals surface area contributed by atoms with Crippen LogP contribution in [0.2, 0.25) is 15.1 Å². The van der Waals surface area contributed by atoms with E-state index in [1.807, 2.05) is 0 Å². The van der Waals surface area contributed by atoms with Gasteiger partial charge < -0.3 is 10.2 Å². The standard InChI is InChI=1S/C19H16Cl3FN2O2/c20-14-8-16(22)17(9-15(14)21)24-19(27)12-7-18(26)25(10-12)6-5-11-1-3-13(23)4-2-11/h1-4,8-9,12H,5-7,10H2,(H,24,27). The fourth-order valence-corrected chi connectivity index (χ4v) is 3.53. The highest BCUT2D eigenvalue weighted by Gasteiger charge is 2.34. The number of anilines is 1. The van der Waals surface area contributed by atoms with Gasteiger partial charge in [-0.15, -0.1) is 0 Å². The SMILES string of the molecule is O=C(Nc1cc(Cl)c(Cl)cc1Cl)C1CC(=O)N(CCc2ccc(F)cc2)C1. The number of benzene rings is 2. The van der Waals surface area contributed by atoms with Crippen molar-refractivity contribution in [2.75, 3.05) is 18.4 Å². The maximum atomic E-state index is 13.0. The van der Waals surface area contributed by atoms with Crippen LogP contribution < -0.4 is 5.32 Å². The lowest BCUT2D eigenvalue weighted by Crippen LogP contribution is -2.30. The molecule has 27 heavy (non-hydrogen) atoms. The summed E-state index contributed by atoms with van der Waals surface area (Å²) < 4.78 is 13.0. The summed E-state index contributed by atoms with van der Waals surface area (Å²) in [5.74, 6) is -1.16. The summed E-state index contributed by atoms with van der Waals surface area (Å²) in [4.78, 5) is 26.3. The zero-order chi connectivity index (χ0) is 19.6. The quantitative estimate of drug-likeness (QED) is 0.693. The highest BCUT2D eigenvalue weighted by Crippen LogP contribution is 2.33. The summed E-state index contributed by atoms with van der Waals surface area (Å²) in [6, 6.07) is 9.08. The molecule has 1 aliphatic heterocycles. The number of amides is 2. The van der Waals surface area contributed by atoms with Crippen molar-refractivity contribution in [1.29, 1.82) is 0 Å². The third-order valence-electron chi connectivity index (χ3n) is 4.44. The Kier molecular flexibility index (Phi) is 6.25. The number of likely N-dealkylation sites (tertiary alicyclic amines) is 1. The van der Waals surface area contributed by atoms with E-state index in [0.717, 1.165) is 5.56 Å². The minimum atomic E-state index is -0.476. The molecule has 1 fully saturated rings. The largest absolute Gasteiger partial charge is 0.342 e. The Morgan fingerprint density at radius 3 is 2.48 bits per heavy atom. The van der Waals surface area contributed by atoms with E-state index in [4.69, 9.17) is 34.8 Å². The average Bonchev–Trinajstić information content (AvgIpc) is 3.00. The van der Waals surface area contributed by atoms with Crippen molar-refractivity contribution in [3.05, 3.63) is 62.8 Å². The van der Waals surface area contributed by atoms with Crippen molar-refractivity contribution in [3.8, 4) is 0 Å². The van der Waals surface area contributed by atoms with Crippen LogP contribution in [0.25, 0.3) is 0 Å². The molecular weight excluding hydrogens is 414 g/mol. The predicted octanol–water partition coefficient (Wildman–Crippen LogP) is 4.82. The second-order valence-corrected chi connectivity index (χ2v) is 7.57. The molecule has 2 aromatic rings. The molecule has 0 radical (unpaired) electrons. The van der Waals surface area contributed by atoms with Gasteiger partial charge in [0.2, 0.25) is 11.8 Å². The molecule has 8 heteroatoms. The molecule has 1 heterocycles. The van der Waals surface area contributed by atoms with Crippen LogP contribution in [0, 0.1) is 11.7 Å². The molecule has 0 aromatic heterocycles. The van der Waals surface area contributed by atoms with E-state index in [9.17, 15) is 14.0 Å². The number of nitrogens with zero attached hydrogens (tertiary/aromatic N) is 1. The van der Waals surface area contributed by atoms with Gasteiger partial charge >= 0.3 is 0 Å². The van der Waals surface area contributed by atoms with Gasteiger partial charge in [-0.3, -0.25) is 9.59 Å². The first kappa shape index (κ1) is 19.9. The van der Waals surface area contributed by atoms with Crippen LogP contribution >= 0.6 is 34.8 Å². The van der Waals surface area contributed by atoms with Gasteiger partial charge in [0.25, 0.3) is 0 Å². The van der Waals surface area contributed by atoms with Crippen LogP contribution in [0.5, 0.6) is 0 Å². The fourth-order valence-electron chi connectivity index (χ4n) is 2.93. The Morgan fingerprint density at radius 2 is 1.78 bits per heavy atom. The monoisotopic (exact) mass is 428 g/mol. The molecule has 0 bridgehead atoms. The lowest BCUT2D eigenvalue weighted by molar-refractivity contribution is -0.128. The summed E-state index contributed by atoms with van der Waals surface area (Å²) in [7, 11) is 0. The molecule has 4 nitrogen and oxygen atoms in total. The lowest BCUT2D eigenvalue weighted by atomic mass is 10.1. The van der Waals surface area contributed by atoms with Crippen molar-refractivity contribution in [3.63, 3.8) is 0 Å². The molecule has 1 unspecified atom stereocenters. The molecule has 0 spiro atoms. The van der Waals surface area contributed by atoms with E-state index >= 15 is 0 Å². The Bertz CT molecular complexity index is 874. The lowest BCUT2D eigenvalue weighted by Gasteiger charge is -2.17. The van der Waals surface area contributed by atoms with Gasteiger partial charge in [-0.1, -0.05) is 46.9 Å². The highest BCUT2D eigenvalue weighted by atomic mass is 35.5. The predicted molar refractivity (Wildman–Crippen MR) is 105 cm³/mol. The molecule has 3 rings (SSSR count). The third kappa shape index (κ3) is 4.92. The molecule has 0 saturated carbocycles. The molecule has 1 atom stereocenters. The molecule has 1 aliphatic rings. The molecule has 2 aromatic carbocycles. The van der Waals surface area contributed by atoms with Gasteiger partial charge in [-0.05, 0) is 36.2 Å². The van der Waals surface area contributed by atoms with E-state index in [-0.39, 0.29) is 34.1 Å². The Labute approximate surface area is 171 Å². The number of nitrogens with one attached hydrogen (secondary N) is 1. The van der Waals surface area contributed by atoms with Crippen LogP contribution in [0.3, 0.4) is 0 Å². The fraction of sp³-hybridized carbons (Fsp3) is 0.263. The van der Waals surface area contributed by atoms with Gasteiger partial charge in [0.15, 0.2) is 0 Å². The minimum absolute atomic E-state index is 0.0857. The van der Waals surface area contributed by atoms with Gasteiger partial charge in [-0.2, -0.15) is 0 Å². The zero-order valence-electron chi connectivity index (χ0n) is 14.1. The Balaban J connectivity index is 1.58. The molecule has 2 amide bonds. The summed E-state index contributed by atoms with van der Waals surface area (Å²) >= 11 is 17.9. The first-order chi connectivity index (χ1) is 12.8. The smallest absolute Gasteiger partial charge is 0.229 e. The second kappa shape index (κ2) is 8.46. The van der Waals surface area contributed by atoms with Crippen LogP contribution in [-0.4, -0.2) is 29.8 Å². The molecule has 142 valence electrons. The molecule has 1 N–H and O–H groups in total. The topological polar surface area (TPSA) is 49.4 Å². The Hall–Kier alpha value is -1.82. The van der Waals surface area contributed by atoms with Crippen LogP contribution in [0.15, 0.2) is 36.4 Å². The second-order valence-electron chi connectivity index (χ2n) is 6.35. The van der Waals surface area contributed by atoms with Gasteiger partial charge in [0.05, 0.1) is 26.7 Å². The van der Waals surface area contributed by atoms with E-state index in [1.165, 1.54) is 24.3 Å². The number of carbonyl (C=O) groups is 2. The van der Waals surface area contributed by atoms with E-state index in [0.29, 0.717) is 30.2 Å². The van der Waals surface area contributed by atoms with Crippen LogP contribution in [-0.2, 0) is 16.0 Å². The van der Waals surface area contributed by atoms with Crippen LogP contribution in [0.1, 0.15) is 12.0 Å². The summed E-state index contributed by atoms with van der Waals surface area (Å²) in [5.41, 5.74) is 1.29.